The third kappa shape index (κ3) is 4.74. The number of rotatable bonds is 6. The van der Waals surface area contributed by atoms with Crippen molar-refractivity contribution in [3.63, 3.8) is 0 Å². The summed E-state index contributed by atoms with van der Waals surface area (Å²) in [6.07, 6.45) is 2.67. The minimum atomic E-state index is -0.336. The van der Waals surface area contributed by atoms with Crippen molar-refractivity contribution in [3.8, 4) is 11.6 Å². The molecule has 5 heterocycles. The molecule has 4 aliphatic heterocycles. The average molecular weight is 548 g/mol. The van der Waals surface area contributed by atoms with Crippen molar-refractivity contribution in [2.75, 3.05) is 24.5 Å². The lowest BCUT2D eigenvalue weighted by molar-refractivity contribution is -0.125. The number of likely N-dealkylation sites (tertiary alicyclic amines) is 1. The van der Waals surface area contributed by atoms with Crippen molar-refractivity contribution in [1.82, 2.24) is 31.0 Å². The molecule has 3 fully saturated rings. The highest BCUT2D eigenvalue weighted by atomic mass is 32.2. The number of benzene rings is 1. The molecule has 0 saturated carbocycles. The Morgan fingerprint density at radius 1 is 1.23 bits per heavy atom. The molecule has 0 spiro atoms. The molecule has 12 heteroatoms. The first-order valence-corrected chi connectivity index (χ1v) is 13.8. The summed E-state index contributed by atoms with van der Waals surface area (Å²) in [7, 11) is 0. The number of anilines is 1. The molecule has 4 atom stereocenters. The number of nitrogens with zero attached hydrogens (tertiary/aromatic N) is 4. The highest BCUT2D eigenvalue weighted by molar-refractivity contribution is 8.04. The summed E-state index contributed by atoms with van der Waals surface area (Å²) in [5.74, 6) is 0.996. The Hall–Kier alpha value is -3.90. The number of nitrogens with one attached hydrogen (secondary N) is 3. The van der Waals surface area contributed by atoms with Crippen LogP contribution in [0.15, 0.2) is 59.7 Å². The Morgan fingerprint density at radius 2 is 2.05 bits per heavy atom. The Kier molecular flexibility index (Phi) is 6.73. The van der Waals surface area contributed by atoms with Gasteiger partial charge in [0.1, 0.15) is 5.75 Å². The fourth-order valence-corrected chi connectivity index (χ4v) is 7.08. The number of hydrogen-bond acceptors (Lipinski definition) is 8. The Balaban J connectivity index is 1.22. The van der Waals surface area contributed by atoms with Crippen molar-refractivity contribution in [1.29, 1.82) is 0 Å². The van der Waals surface area contributed by atoms with Gasteiger partial charge in [-0.2, -0.15) is 0 Å². The maximum Gasteiger partial charge on any atom is 0.327 e. The van der Waals surface area contributed by atoms with Gasteiger partial charge in [0.05, 0.1) is 16.3 Å². The Labute approximate surface area is 230 Å². The minimum absolute atomic E-state index is 0.0565. The molecule has 4 amide bonds. The predicted octanol–water partition coefficient (Wildman–Crippen LogP) is 2.27. The maximum atomic E-state index is 13.5. The summed E-state index contributed by atoms with van der Waals surface area (Å²) in [6.45, 7) is 7.14. The number of carbonyl (C=O) groups is 3. The molecule has 6 rings (SSSR count). The molecule has 3 saturated heterocycles. The van der Waals surface area contributed by atoms with Crippen LogP contribution in [0.25, 0.3) is 0 Å². The van der Waals surface area contributed by atoms with E-state index < -0.39 is 0 Å². The van der Waals surface area contributed by atoms with Gasteiger partial charge in [-0.1, -0.05) is 36.5 Å². The van der Waals surface area contributed by atoms with E-state index in [-0.39, 0.29) is 41.2 Å². The van der Waals surface area contributed by atoms with Crippen LogP contribution in [-0.2, 0) is 9.59 Å². The predicted molar refractivity (Wildman–Crippen MR) is 146 cm³/mol. The quantitative estimate of drug-likeness (QED) is 0.470. The lowest BCUT2D eigenvalue weighted by atomic mass is 9.86. The second-order valence-electron chi connectivity index (χ2n) is 9.97. The SMILES string of the molecule is C=CC(=O)N1CC[C@@H](NC(=O)C2=C3NC(=O)N(c4nnc(Oc5ccccc5)cc4C)C4CCNC(S2)C34)C1. The first-order chi connectivity index (χ1) is 18.9. The third-order valence-corrected chi connectivity index (χ3v) is 8.84. The van der Waals surface area contributed by atoms with E-state index in [1.165, 1.54) is 17.8 Å². The van der Waals surface area contributed by atoms with E-state index in [0.717, 1.165) is 5.56 Å². The number of aromatic nitrogens is 2. The zero-order valence-electron chi connectivity index (χ0n) is 21.4. The van der Waals surface area contributed by atoms with Crippen LogP contribution in [0.4, 0.5) is 10.6 Å². The first kappa shape index (κ1) is 25.4. The summed E-state index contributed by atoms with van der Waals surface area (Å²) >= 11 is 1.44. The smallest absolute Gasteiger partial charge is 0.327 e. The zero-order chi connectivity index (χ0) is 27.1. The number of aryl methyl sites for hydroxylation is 1. The molecule has 1 aromatic carbocycles. The van der Waals surface area contributed by atoms with Gasteiger partial charge in [0.15, 0.2) is 5.82 Å². The largest absolute Gasteiger partial charge is 0.438 e. The lowest BCUT2D eigenvalue weighted by Crippen LogP contribution is -2.62. The molecule has 3 N–H and O–H groups in total. The normalized spacial score (nSPS) is 25.7. The number of amides is 4. The number of thioether (sulfide) groups is 1. The second-order valence-corrected chi connectivity index (χ2v) is 11.1. The average Bonchev–Trinajstić information content (AvgIpc) is 3.55. The van der Waals surface area contributed by atoms with E-state index in [0.29, 0.717) is 60.5 Å². The van der Waals surface area contributed by atoms with Gasteiger partial charge in [0.25, 0.3) is 5.91 Å². The molecule has 0 aliphatic carbocycles. The van der Waals surface area contributed by atoms with Crippen LogP contribution in [0.3, 0.4) is 0 Å². The van der Waals surface area contributed by atoms with Crippen LogP contribution in [0.2, 0.25) is 0 Å². The highest BCUT2D eigenvalue weighted by Gasteiger charge is 2.52. The monoisotopic (exact) mass is 547 g/mol. The molecule has 0 radical (unpaired) electrons. The van der Waals surface area contributed by atoms with Crippen molar-refractivity contribution >= 4 is 35.4 Å². The summed E-state index contributed by atoms with van der Waals surface area (Å²) in [4.78, 5) is 42.6. The standard InChI is InChI=1S/C27H29N7O4S/c1-3-20(35)33-12-10-16(14-33)29-25(36)23-22-21-18(9-11-28-26(21)39-23)34(27(37)30-22)24-15(2)13-19(31-32-24)38-17-7-5-4-6-8-17/h3-8,13,16,18,21,26,28H,1,9-12,14H2,2H3,(H,29,36)(H,30,37)/t16-,18?,21?,26?/m1/s1. The number of hydrogen-bond donors (Lipinski definition) is 3. The number of ether oxygens (including phenoxy) is 1. The summed E-state index contributed by atoms with van der Waals surface area (Å²) in [5.41, 5.74) is 1.41. The minimum Gasteiger partial charge on any atom is -0.438 e. The summed E-state index contributed by atoms with van der Waals surface area (Å²) in [5, 5.41) is 18.1. The number of piperidine rings is 1. The maximum absolute atomic E-state index is 13.5. The van der Waals surface area contributed by atoms with E-state index in [4.69, 9.17) is 4.74 Å². The van der Waals surface area contributed by atoms with Crippen molar-refractivity contribution in [2.24, 2.45) is 5.92 Å². The first-order valence-electron chi connectivity index (χ1n) is 13.0. The van der Waals surface area contributed by atoms with Gasteiger partial charge in [-0.05, 0) is 50.1 Å². The van der Waals surface area contributed by atoms with Crippen molar-refractivity contribution < 1.29 is 19.1 Å². The Morgan fingerprint density at radius 3 is 2.82 bits per heavy atom. The topological polar surface area (TPSA) is 129 Å². The van der Waals surface area contributed by atoms with Crippen LogP contribution in [0.5, 0.6) is 11.6 Å². The van der Waals surface area contributed by atoms with Crippen LogP contribution in [0, 0.1) is 12.8 Å². The van der Waals surface area contributed by atoms with Crippen molar-refractivity contribution in [3.05, 3.63) is 65.2 Å². The number of carbonyl (C=O) groups excluding carboxylic acids is 3. The molecular weight excluding hydrogens is 518 g/mol. The van der Waals surface area contributed by atoms with Gasteiger partial charge in [-0.25, -0.2) is 4.79 Å². The van der Waals surface area contributed by atoms with Crippen LogP contribution >= 0.6 is 11.8 Å². The van der Waals surface area contributed by atoms with E-state index in [1.807, 2.05) is 37.3 Å². The van der Waals surface area contributed by atoms with Gasteiger partial charge >= 0.3 is 6.03 Å². The van der Waals surface area contributed by atoms with Gasteiger partial charge in [-0.15, -0.1) is 10.2 Å². The molecule has 3 unspecified atom stereocenters. The molecule has 2 aromatic rings. The lowest BCUT2D eigenvalue weighted by Gasteiger charge is -2.45. The highest BCUT2D eigenvalue weighted by Crippen LogP contribution is 2.48. The van der Waals surface area contributed by atoms with E-state index in [1.54, 1.807) is 15.9 Å². The van der Waals surface area contributed by atoms with Crippen LogP contribution < -0.4 is 25.6 Å². The molecule has 4 aliphatic rings. The summed E-state index contributed by atoms with van der Waals surface area (Å²) < 4.78 is 5.82. The fraction of sp³-hybridized carbons (Fsp3) is 0.370. The van der Waals surface area contributed by atoms with Gasteiger partial charge in [-0.3, -0.25) is 14.5 Å². The third-order valence-electron chi connectivity index (χ3n) is 7.49. The van der Waals surface area contributed by atoms with Gasteiger partial charge in [0.2, 0.25) is 11.8 Å². The summed E-state index contributed by atoms with van der Waals surface area (Å²) in [6, 6.07) is 10.4. The Bertz CT molecular complexity index is 1370. The van der Waals surface area contributed by atoms with E-state index in [9.17, 15) is 14.4 Å². The molecule has 202 valence electrons. The van der Waals surface area contributed by atoms with Gasteiger partial charge < -0.3 is 25.6 Å². The molecule has 0 bridgehead atoms. The van der Waals surface area contributed by atoms with E-state index in [2.05, 4.69) is 32.7 Å². The second kappa shape index (κ2) is 10.3. The fourth-order valence-electron chi connectivity index (χ4n) is 5.68. The molecule has 1 aromatic heterocycles. The molecule has 11 nitrogen and oxygen atoms in total. The molecule has 39 heavy (non-hydrogen) atoms. The van der Waals surface area contributed by atoms with Crippen LogP contribution in [0.1, 0.15) is 18.4 Å². The zero-order valence-corrected chi connectivity index (χ0v) is 22.2. The number of para-hydroxylation sites is 1. The van der Waals surface area contributed by atoms with E-state index >= 15 is 0 Å². The number of urea groups is 1. The van der Waals surface area contributed by atoms with Crippen LogP contribution in [-0.4, -0.2) is 70.0 Å². The molecular formula is C27H29N7O4S. The van der Waals surface area contributed by atoms with Crippen molar-refractivity contribution in [2.45, 2.75) is 37.2 Å². The van der Waals surface area contributed by atoms with Gasteiger partial charge in [0, 0.05) is 36.8 Å².